The van der Waals surface area contributed by atoms with Crippen molar-refractivity contribution in [1.82, 2.24) is 0 Å². The number of ketones is 1. The van der Waals surface area contributed by atoms with E-state index in [4.69, 9.17) is 4.74 Å². The number of rotatable bonds is 6. The van der Waals surface area contributed by atoms with Gasteiger partial charge in [-0.3, -0.25) is 4.79 Å². The standard InChI is InChI=1S/C12H14BrFO2/c1-16-12-8-9(14)5-6-10(12)11(15)4-2-3-7-13/h5-6,8H,2-4,7H2,1H3. The molecular formula is C12H14BrFO2. The van der Waals surface area contributed by atoms with Crippen molar-refractivity contribution in [3.8, 4) is 5.75 Å². The number of Topliss-reactive ketones (excluding diaryl/α,β-unsaturated/α-hetero) is 1. The lowest BCUT2D eigenvalue weighted by Gasteiger charge is -2.07. The molecule has 0 amide bonds. The molecule has 1 aromatic carbocycles. The molecule has 0 aromatic heterocycles. The summed E-state index contributed by atoms with van der Waals surface area (Å²) in [5.74, 6) is -0.0875. The van der Waals surface area contributed by atoms with Crippen molar-refractivity contribution in [1.29, 1.82) is 0 Å². The predicted octanol–water partition coefficient (Wildman–Crippen LogP) is 3.58. The van der Waals surface area contributed by atoms with E-state index in [9.17, 15) is 9.18 Å². The van der Waals surface area contributed by atoms with Gasteiger partial charge in [0.15, 0.2) is 5.78 Å². The highest BCUT2D eigenvalue weighted by molar-refractivity contribution is 9.09. The quantitative estimate of drug-likeness (QED) is 0.454. The second-order valence-corrected chi connectivity index (χ2v) is 4.21. The van der Waals surface area contributed by atoms with Gasteiger partial charge in [-0.15, -0.1) is 0 Å². The summed E-state index contributed by atoms with van der Waals surface area (Å²) in [6.07, 6.45) is 2.24. The summed E-state index contributed by atoms with van der Waals surface area (Å²) in [5, 5.41) is 0.890. The van der Waals surface area contributed by atoms with Crippen LogP contribution in [0.25, 0.3) is 0 Å². The van der Waals surface area contributed by atoms with E-state index in [-0.39, 0.29) is 5.78 Å². The molecule has 0 N–H and O–H groups in total. The van der Waals surface area contributed by atoms with Crippen molar-refractivity contribution in [3.63, 3.8) is 0 Å². The molecule has 0 saturated heterocycles. The largest absolute Gasteiger partial charge is 0.496 e. The van der Waals surface area contributed by atoms with E-state index in [2.05, 4.69) is 15.9 Å². The van der Waals surface area contributed by atoms with Gasteiger partial charge in [0.1, 0.15) is 11.6 Å². The van der Waals surface area contributed by atoms with Crippen molar-refractivity contribution in [2.75, 3.05) is 12.4 Å². The van der Waals surface area contributed by atoms with Crippen LogP contribution in [-0.4, -0.2) is 18.2 Å². The highest BCUT2D eigenvalue weighted by atomic mass is 79.9. The number of hydrogen-bond acceptors (Lipinski definition) is 2. The number of alkyl halides is 1. The first-order valence-electron chi connectivity index (χ1n) is 5.11. The molecule has 0 saturated carbocycles. The maximum absolute atomic E-state index is 12.9. The Balaban J connectivity index is 2.74. The van der Waals surface area contributed by atoms with E-state index in [0.717, 1.165) is 18.2 Å². The van der Waals surface area contributed by atoms with E-state index >= 15 is 0 Å². The Labute approximate surface area is 103 Å². The van der Waals surface area contributed by atoms with Crippen LogP contribution in [0, 0.1) is 5.82 Å². The molecule has 0 atom stereocenters. The van der Waals surface area contributed by atoms with Gasteiger partial charge in [0.05, 0.1) is 12.7 Å². The fourth-order valence-electron chi connectivity index (χ4n) is 1.41. The zero-order valence-corrected chi connectivity index (χ0v) is 10.7. The number of methoxy groups -OCH3 is 1. The van der Waals surface area contributed by atoms with Crippen LogP contribution in [0.4, 0.5) is 4.39 Å². The lowest BCUT2D eigenvalue weighted by Crippen LogP contribution is -2.02. The maximum Gasteiger partial charge on any atom is 0.166 e. The number of ether oxygens (including phenoxy) is 1. The molecule has 0 aliphatic carbocycles. The molecule has 4 heteroatoms. The number of carbonyl (C=O) groups excluding carboxylic acids is 1. The fraction of sp³-hybridized carbons (Fsp3) is 0.417. The number of hydrogen-bond donors (Lipinski definition) is 0. The van der Waals surface area contributed by atoms with E-state index in [1.54, 1.807) is 0 Å². The molecule has 1 rings (SSSR count). The lowest BCUT2D eigenvalue weighted by atomic mass is 10.0. The molecule has 0 aliphatic heterocycles. The van der Waals surface area contributed by atoms with Crippen LogP contribution < -0.4 is 4.74 Å². The Kier molecular flexibility index (Phi) is 5.46. The second kappa shape index (κ2) is 6.63. The van der Waals surface area contributed by atoms with Gasteiger partial charge in [-0.2, -0.15) is 0 Å². The molecule has 2 nitrogen and oxygen atoms in total. The Morgan fingerprint density at radius 3 is 2.81 bits per heavy atom. The van der Waals surface area contributed by atoms with Gasteiger partial charge < -0.3 is 4.74 Å². The van der Waals surface area contributed by atoms with Crippen LogP contribution in [0.15, 0.2) is 18.2 Å². The Bertz CT molecular complexity index is 366. The first-order valence-corrected chi connectivity index (χ1v) is 6.24. The highest BCUT2D eigenvalue weighted by Crippen LogP contribution is 2.21. The summed E-state index contributed by atoms with van der Waals surface area (Å²) < 4.78 is 17.9. The van der Waals surface area contributed by atoms with Crippen molar-refractivity contribution in [3.05, 3.63) is 29.6 Å². The van der Waals surface area contributed by atoms with Gasteiger partial charge >= 0.3 is 0 Å². The van der Waals surface area contributed by atoms with Gasteiger partial charge in [-0.1, -0.05) is 15.9 Å². The average Bonchev–Trinajstić information content (AvgIpc) is 2.29. The summed E-state index contributed by atoms with van der Waals surface area (Å²) in [6.45, 7) is 0. The van der Waals surface area contributed by atoms with Crippen LogP contribution in [0.3, 0.4) is 0 Å². The molecule has 0 bridgehead atoms. The predicted molar refractivity (Wildman–Crippen MR) is 64.9 cm³/mol. The minimum Gasteiger partial charge on any atom is -0.496 e. The minimum absolute atomic E-state index is 0.00204. The van der Waals surface area contributed by atoms with Crippen molar-refractivity contribution in [2.24, 2.45) is 0 Å². The number of carbonyl (C=O) groups is 1. The van der Waals surface area contributed by atoms with Crippen LogP contribution in [0.1, 0.15) is 29.6 Å². The summed E-state index contributed by atoms with van der Waals surface area (Å²) in [5.41, 5.74) is 0.457. The van der Waals surface area contributed by atoms with Gasteiger partial charge in [-0.25, -0.2) is 4.39 Å². The number of unbranched alkanes of at least 4 members (excludes halogenated alkanes) is 1. The zero-order chi connectivity index (χ0) is 12.0. The molecule has 88 valence electrons. The maximum atomic E-state index is 12.9. The van der Waals surface area contributed by atoms with Crippen molar-refractivity contribution >= 4 is 21.7 Å². The van der Waals surface area contributed by atoms with Crippen LogP contribution >= 0.6 is 15.9 Å². The Morgan fingerprint density at radius 2 is 2.19 bits per heavy atom. The molecule has 0 aliphatic rings. The molecule has 0 radical (unpaired) electrons. The van der Waals surface area contributed by atoms with Crippen LogP contribution in [0.5, 0.6) is 5.75 Å². The summed E-state index contributed by atoms with van der Waals surface area (Å²) in [4.78, 5) is 11.8. The van der Waals surface area contributed by atoms with E-state index in [1.165, 1.54) is 25.3 Å². The molecule has 0 heterocycles. The first-order chi connectivity index (χ1) is 7.69. The molecule has 1 aromatic rings. The van der Waals surface area contributed by atoms with Crippen molar-refractivity contribution < 1.29 is 13.9 Å². The lowest BCUT2D eigenvalue weighted by molar-refractivity contribution is 0.0977. The normalized spacial score (nSPS) is 10.2. The third-order valence-corrected chi connectivity index (χ3v) is 2.81. The molecule has 0 unspecified atom stereocenters. The second-order valence-electron chi connectivity index (χ2n) is 3.41. The van der Waals surface area contributed by atoms with E-state index in [0.29, 0.717) is 17.7 Å². The van der Waals surface area contributed by atoms with Gasteiger partial charge in [-0.05, 0) is 25.0 Å². The molecule has 0 fully saturated rings. The topological polar surface area (TPSA) is 26.3 Å². The van der Waals surface area contributed by atoms with Gasteiger partial charge in [0, 0.05) is 17.8 Å². The van der Waals surface area contributed by atoms with Crippen molar-refractivity contribution in [2.45, 2.75) is 19.3 Å². The monoisotopic (exact) mass is 288 g/mol. The Hall–Kier alpha value is -0.900. The van der Waals surface area contributed by atoms with Crippen LogP contribution in [-0.2, 0) is 0 Å². The molecule has 0 spiro atoms. The van der Waals surface area contributed by atoms with Crippen LogP contribution in [0.2, 0.25) is 0 Å². The van der Waals surface area contributed by atoms with Gasteiger partial charge in [0.25, 0.3) is 0 Å². The summed E-state index contributed by atoms with van der Waals surface area (Å²) >= 11 is 3.31. The first kappa shape index (κ1) is 13.2. The summed E-state index contributed by atoms with van der Waals surface area (Å²) in [6, 6.07) is 3.99. The highest BCUT2D eigenvalue weighted by Gasteiger charge is 2.12. The molecule has 16 heavy (non-hydrogen) atoms. The third kappa shape index (κ3) is 3.59. The van der Waals surface area contributed by atoms with E-state index < -0.39 is 5.82 Å². The fourth-order valence-corrected chi connectivity index (χ4v) is 1.81. The molecular weight excluding hydrogens is 275 g/mol. The smallest absolute Gasteiger partial charge is 0.166 e. The summed E-state index contributed by atoms with van der Waals surface area (Å²) in [7, 11) is 1.43. The third-order valence-electron chi connectivity index (χ3n) is 2.25. The number of benzene rings is 1. The minimum atomic E-state index is -0.395. The zero-order valence-electron chi connectivity index (χ0n) is 9.13. The SMILES string of the molecule is COc1cc(F)ccc1C(=O)CCCCBr. The van der Waals surface area contributed by atoms with E-state index in [1.807, 2.05) is 0 Å². The average molecular weight is 289 g/mol. The van der Waals surface area contributed by atoms with Gasteiger partial charge in [0.2, 0.25) is 0 Å². The number of halogens is 2. The Morgan fingerprint density at radius 1 is 1.44 bits per heavy atom.